The van der Waals surface area contributed by atoms with Crippen LogP contribution in [0.5, 0.6) is 5.75 Å². The van der Waals surface area contributed by atoms with Crippen molar-refractivity contribution < 1.29 is 32.2 Å². The van der Waals surface area contributed by atoms with Crippen LogP contribution in [0.25, 0.3) is 0 Å². The molecule has 8 nitrogen and oxygen atoms in total. The van der Waals surface area contributed by atoms with E-state index in [2.05, 4.69) is 0 Å². The van der Waals surface area contributed by atoms with Gasteiger partial charge in [-0.05, 0) is 74.6 Å². The number of carbonyl (C=O) groups is 2. The summed E-state index contributed by atoms with van der Waals surface area (Å²) in [4.78, 5) is 24.9. The summed E-state index contributed by atoms with van der Waals surface area (Å²) >= 11 is 0. The van der Waals surface area contributed by atoms with Crippen LogP contribution in [0.3, 0.4) is 0 Å². The van der Waals surface area contributed by atoms with Gasteiger partial charge in [0.2, 0.25) is 10.0 Å². The zero-order valence-corrected chi connectivity index (χ0v) is 24.7. The van der Waals surface area contributed by atoms with Gasteiger partial charge < -0.3 is 14.2 Å². The normalized spacial score (nSPS) is 16.6. The van der Waals surface area contributed by atoms with Crippen molar-refractivity contribution >= 4 is 22.0 Å². The van der Waals surface area contributed by atoms with Crippen molar-refractivity contribution in [2.75, 3.05) is 13.7 Å². The zero-order valence-electron chi connectivity index (χ0n) is 23.9. The van der Waals surface area contributed by atoms with E-state index in [0.717, 1.165) is 16.7 Å². The van der Waals surface area contributed by atoms with Crippen molar-refractivity contribution in [2.45, 2.75) is 69.1 Å². The van der Waals surface area contributed by atoms with Crippen molar-refractivity contribution in [1.29, 1.82) is 0 Å². The Morgan fingerprint density at radius 2 is 1.63 bits per heavy atom. The highest BCUT2D eigenvalue weighted by molar-refractivity contribution is 7.89. The summed E-state index contributed by atoms with van der Waals surface area (Å²) in [6, 6.07) is 23.1. The van der Waals surface area contributed by atoms with E-state index < -0.39 is 27.6 Å². The second-order valence-corrected chi connectivity index (χ2v) is 12.9. The van der Waals surface area contributed by atoms with Gasteiger partial charge in [-0.1, -0.05) is 54.6 Å². The average molecular weight is 580 g/mol. The lowest BCUT2D eigenvalue weighted by atomic mass is 9.88. The molecule has 2 atom stereocenters. The zero-order chi connectivity index (χ0) is 29.6. The van der Waals surface area contributed by atoms with Gasteiger partial charge in [0.25, 0.3) is 0 Å². The van der Waals surface area contributed by atoms with Gasteiger partial charge in [-0.25, -0.2) is 8.42 Å². The summed E-state index contributed by atoms with van der Waals surface area (Å²) in [5, 5.41) is 0. The van der Waals surface area contributed by atoms with Gasteiger partial charge in [-0.15, -0.1) is 0 Å². The Hall–Kier alpha value is -3.69. The standard InChI is InChI=1S/C32H37NO7S/c1-32(2,3)40-30(34)21-28(24-10-6-5-7-11-24)25-12-8-13-26(20-25)39-22-23-15-17-27(18-16-23)41(36,37)33-19-9-14-29(33)31(35)38-4/h5-8,10-13,15-18,20,28-29H,9,14,19,21-22H2,1-4H3/t28-,29-/m0/s1. The Labute approximate surface area is 242 Å². The molecule has 9 heteroatoms. The summed E-state index contributed by atoms with van der Waals surface area (Å²) in [6.07, 6.45) is 1.24. The predicted molar refractivity (Wildman–Crippen MR) is 155 cm³/mol. The van der Waals surface area contributed by atoms with Crippen LogP contribution in [0.15, 0.2) is 83.8 Å². The van der Waals surface area contributed by atoms with E-state index in [1.165, 1.54) is 23.5 Å². The Balaban J connectivity index is 1.46. The number of esters is 2. The second-order valence-electron chi connectivity index (χ2n) is 11.1. The first-order valence-corrected chi connectivity index (χ1v) is 15.1. The average Bonchev–Trinajstić information content (AvgIpc) is 3.46. The number of rotatable bonds is 10. The fourth-order valence-electron chi connectivity index (χ4n) is 4.94. The van der Waals surface area contributed by atoms with E-state index in [4.69, 9.17) is 14.2 Å². The van der Waals surface area contributed by atoms with Crippen molar-refractivity contribution in [3.63, 3.8) is 0 Å². The lowest BCUT2D eigenvalue weighted by Crippen LogP contribution is -2.41. The second kappa shape index (κ2) is 12.9. The van der Waals surface area contributed by atoms with Crippen molar-refractivity contribution in [3.05, 3.63) is 95.6 Å². The molecule has 1 saturated heterocycles. The molecule has 0 bridgehead atoms. The van der Waals surface area contributed by atoms with Crippen LogP contribution in [0.4, 0.5) is 0 Å². The van der Waals surface area contributed by atoms with Crippen LogP contribution in [0, 0.1) is 0 Å². The van der Waals surface area contributed by atoms with E-state index >= 15 is 0 Å². The Bertz CT molecular complexity index is 1450. The van der Waals surface area contributed by atoms with Crippen LogP contribution in [0.2, 0.25) is 0 Å². The summed E-state index contributed by atoms with van der Waals surface area (Å²) in [5.41, 5.74) is 2.13. The summed E-state index contributed by atoms with van der Waals surface area (Å²) < 4.78 is 44.0. The topological polar surface area (TPSA) is 99.2 Å². The maximum absolute atomic E-state index is 13.2. The maximum Gasteiger partial charge on any atom is 0.324 e. The number of hydrogen-bond donors (Lipinski definition) is 0. The van der Waals surface area contributed by atoms with E-state index in [1.54, 1.807) is 12.1 Å². The molecule has 4 rings (SSSR count). The number of benzene rings is 3. The van der Waals surface area contributed by atoms with Crippen molar-refractivity contribution in [1.82, 2.24) is 4.31 Å². The third kappa shape index (κ3) is 7.74. The molecule has 1 heterocycles. The number of nitrogens with zero attached hydrogens (tertiary/aromatic N) is 1. The first-order valence-electron chi connectivity index (χ1n) is 13.7. The molecule has 0 aliphatic carbocycles. The molecule has 41 heavy (non-hydrogen) atoms. The Morgan fingerprint density at radius 3 is 2.29 bits per heavy atom. The van der Waals surface area contributed by atoms with Crippen LogP contribution in [-0.4, -0.2) is 50.0 Å². The van der Waals surface area contributed by atoms with Crippen molar-refractivity contribution in [3.8, 4) is 5.75 Å². The molecule has 0 N–H and O–H groups in total. The van der Waals surface area contributed by atoms with Gasteiger partial charge in [0.1, 0.15) is 24.0 Å². The molecular weight excluding hydrogens is 542 g/mol. The molecule has 0 aromatic heterocycles. The highest BCUT2D eigenvalue weighted by atomic mass is 32.2. The van der Waals surface area contributed by atoms with Gasteiger partial charge >= 0.3 is 11.9 Å². The number of hydrogen-bond acceptors (Lipinski definition) is 7. The van der Waals surface area contributed by atoms with Crippen LogP contribution in [-0.2, 0) is 35.7 Å². The van der Waals surface area contributed by atoms with Gasteiger partial charge in [0.15, 0.2) is 0 Å². The highest BCUT2D eigenvalue weighted by Gasteiger charge is 2.40. The predicted octanol–water partition coefficient (Wildman–Crippen LogP) is 5.46. The molecule has 1 aliphatic rings. The third-order valence-electron chi connectivity index (χ3n) is 6.87. The molecule has 1 aliphatic heterocycles. The quantitative estimate of drug-likeness (QED) is 0.294. The summed E-state index contributed by atoms with van der Waals surface area (Å²) in [5.74, 6) is -0.403. The van der Waals surface area contributed by atoms with Crippen LogP contribution in [0.1, 0.15) is 62.6 Å². The molecule has 218 valence electrons. The third-order valence-corrected chi connectivity index (χ3v) is 8.79. The molecule has 0 amide bonds. The van der Waals surface area contributed by atoms with Crippen molar-refractivity contribution in [2.24, 2.45) is 0 Å². The van der Waals surface area contributed by atoms with Crippen LogP contribution < -0.4 is 4.74 Å². The number of ether oxygens (including phenoxy) is 3. The molecule has 0 saturated carbocycles. The summed E-state index contributed by atoms with van der Waals surface area (Å²) in [6.45, 7) is 6.06. The molecule has 1 fully saturated rings. The van der Waals surface area contributed by atoms with Gasteiger partial charge in [-0.2, -0.15) is 4.31 Å². The fraction of sp³-hybridized carbons (Fsp3) is 0.375. The number of methoxy groups -OCH3 is 1. The van der Waals surface area contributed by atoms with Crippen LogP contribution >= 0.6 is 0 Å². The molecule has 0 unspecified atom stereocenters. The monoisotopic (exact) mass is 579 g/mol. The Kier molecular flexibility index (Phi) is 9.50. The van der Waals surface area contributed by atoms with Gasteiger partial charge in [0.05, 0.1) is 18.4 Å². The molecular formula is C32H37NO7S. The minimum absolute atomic E-state index is 0.117. The first kappa shape index (κ1) is 30.3. The first-order chi connectivity index (χ1) is 19.5. The minimum atomic E-state index is -3.84. The van der Waals surface area contributed by atoms with Gasteiger partial charge in [0, 0.05) is 12.5 Å². The number of sulfonamides is 1. The minimum Gasteiger partial charge on any atom is -0.489 e. The molecule has 3 aromatic carbocycles. The lowest BCUT2D eigenvalue weighted by molar-refractivity contribution is -0.155. The smallest absolute Gasteiger partial charge is 0.324 e. The fourth-order valence-corrected chi connectivity index (χ4v) is 6.59. The molecule has 0 radical (unpaired) electrons. The van der Waals surface area contributed by atoms with E-state index in [9.17, 15) is 18.0 Å². The largest absolute Gasteiger partial charge is 0.489 e. The van der Waals surface area contributed by atoms with Gasteiger partial charge in [-0.3, -0.25) is 9.59 Å². The Morgan fingerprint density at radius 1 is 0.951 bits per heavy atom. The van der Waals surface area contributed by atoms with E-state index in [1.807, 2.05) is 75.4 Å². The van der Waals surface area contributed by atoms with E-state index in [0.29, 0.717) is 18.6 Å². The highest BCUT2D eigenvalue weighted by Crippen LogP contribution is 2.32. The maximum atomic E-state index is 13.2. The van der Waals surface area contributed by atoms with E-state index in [-0.39, 0.29) is 36.4 Å². The summed E-state index contributed by atoms with van der Waals surface area (Å²) in [7, 11) is -2.57. The molecule has 0 spiro atoms. The SMILES string of the molecule is COC(=O)[C@@H]1CCCN1S(=O)(=O)c1ccc(COc2cccc([C@@H](CC(=O)OC(C)(C)C)c3ccccc3)c2)cc1. The molecule has 3 aromatic rings. The lowest BCUT2D eigenvalue weighted by Gasteiger charge is -2.23. The number of carbonyl (C=O) groups excluding carboxylic acids is 2.